The van der Waals surface area contributed by atoms with Crippen LogP contribution in [0, 0.1) is 6.92 Å². The Morgan fingerprint density at radius 3 is 2.45 bits per heavy atom. The fourth-order valence-corrected chi connectivity index (χ4v) is 2.97. The maximum atomic E-state index is 12.5. The molecule has 4 nitrogen and oxygen atoms in total. The van der Waals surface area contributed by atoms with E-state index in [4.69, 9.17) is 10.5 Å². The average Bonchev–Trinajstić information content (AvgIpc) is 2.49. The highest BCUT2D eigenvalue weighted by atomic mass is 16.5. The van der Waals surface area contributed by atoms with Crippen LogP contribution in [0.2, 0.25) is 0 Å². The quantitative estimate of drug-likeness (QED) is 0.910. The highest BCUT2D eigenvalue weighted by Gasteiger charge is 2.34. The van der Waals surface area contributed by atoms with E-state index in [-0.39, 0.29) is 12.0 Å². The normalized spacial score (nSPS) is 18.8. The van der Waals surface area contributed by atoms with Crippen molar-refractivity contribution in [2.45, 2.75) is 58.1 Å². The lowest BCUT2D eigenvalue weighted by molar-refractivity contribution is -0.138. The van der Waals surface area contributed by atoms with E-state index in [0.29, 0.717) is 0 Å². The monoisotopic (exact) mass is 304 g/mol. The van der Waals surface area contributed by atoms with E-state index in [1.165, 1.54) is 5.56 Å². The molecule has 122 valence electrons. The summed E-state index contributed by atoms with van der Waals surface area (Å²) < 4.78 is 6.00. The predicted octanol–water partition coefficient (Wildman–Crippen LogP) is 2.88. The number of amides is 1. The predicted molar refractivity (Wildman–Crippen MR) is 88.9 cm³/mol. The van der Waals surface area contributed by atoms with E-state index in [2.05, 4.69) is 26.0 Å². The van der Waals surface area contributed by atoms with Crippen LogP contribution in [-0.2, 0) is 4.79 Å². The Morgan fingerprint density at radius 2 is 1.91 bits per heavy atom. The Balaban J connectivity index is 1.85. The lowest BCUT2D eigenvalue weighted by atomic mass is 9.94. The largest absolute Gasteiger partial charge is 0.490 e. The fraction of sp³-hybridized carbons (Fsp3) is 0.611. The molecule has 1 aromatic carbocycles. The second-order valence-electron chi connectivity index (χ2n) is 6.59. The lowest BCUT2D eigenvalue weighted by Gasteiger charge is -2.36. The zero-order valence-corrected chi connectivity index (χ0v) is 14.0. The van der Waals surface area contributed by atoms with Crippen molar-refractivity contribution in [1.82, 2.24) is 4.90 Å². The van der Waals surface area contributed by atoms with E-state index in [1.807, 2.05) is 24.0 Å². The molecule has 1 aliphatic rings. The number of carbonyl (C=O) groups excluding carboxylic acids is 1. The van der Waals surface area contributed by atoms with Gasteiger partial charge in [0.1, 0.15) is 11.9 Å². The minimum absolute atomic E-state index is 0.0723. The second kappa shape index (κ2) is 7.14. The number of hydrogen-bond acceptors (Lipinski definition) is 3. The van der Waals surface area contributed by atoms with Gasteiger partial charge >= 0.3 is 0 Å². The molecule has 0 aromatic heterocycles. The molecule has 0 aliphatic carbocycles. The van der Waals surface area contributed by atoms with E-state index in [1.54, 1.807) is 0 Å². The van der Waals surface area contributed by atoms with E-state index in [9.17, 15) is 4.79 Å². The Hall–Kier alpha value is -1.55. The smallest absolute Gasteiger partial charge is 0.242 e. The van der Waals surface area contributed by atoms with Crippen LogP contribution in [0.25, 0.3) is 0 Å². The molecule has 1 aliphatic heterocycles. The van der Waals surface area contributed by atoms with Gasteiger partial charge in [0.2, 0.25) is 5.91 Å². The van der Waals surface area contributed by atoms with Crippen molar-refractivity contribution in [3.63, 3.8) is 0 Å². The van der Waals surface area contributed by atoms with Gasteiger partial charge < -0.3 is 15.4 Å². The molecule has 22 heavy (non-hydrogen) atoms. The van der Waals surface area contributed by atoms with Crippen LogP contribution in [0.15, 0.2) is 24.3 Å². The van der Waals surface area contributed by atoms with Crippen molar-refractivity contribution in [3.05, 3.63) is 29.8 Å². The number of hydrogen-bond donors (Lipinski definition) is 1. The molecule has 1 atom stereocenters. The first-order valence-electron chi connectivity index (χ1n) is 8.24. The first-order chi connectivity index (χ1) is 10.4. The van der Waals surface area contributed by atoms with Gasteiger partial charge in [-0.3, -0.25) is 4.79 Å². The van der Waals surface area contributed by atoms with Gasteiger partial charge in [-0.05, 0) is 32.4 Å². The van der Waals surface area contributed by atoms with Crippen LogP contribution in [0.4, 0.5) is 0 Å². The van der Waals surface area contributed by atoms with Crippen LogP contribution >= 0.6 is 0 Å². The minimum atomic E-state index is -0.737. The van der Waals surface area contributed by atoms with Gasteiger partial charge in [-0.15, -0.1) is 0 Å². The number of nitrogens with zero attached hydrogens (tertiary/aromatic N) is 1. The van der Waals surface area contributed by atoms with Crippen molar-refractivity contribution in [2.24, 2.45) is 5.73 Å². The maximum absolute atomic E-state index is 12.5. The zero-order valence-electron chi connectivity index (χ0n) is 14.0. The molecule has 0 spiro atoms. The van der Waals surface area contributed by atoms with Crippen molar-refractivity contribution < 1.29 is 9.53 Å². The highest BCUT2D eigenvalue weighted by Crippen LogP contribution is 2.22. The number of likely N-dealkylation sites (tertiary alicyclic amines) is 1. The molecule has 4 heteroatoms. The Morgan fingerprint density at radius 1 is 1.32 bits per heavy atom. The summed E-state index contributed by atoms with van der Waals surface area (Å²) in [6.07, 6.45) is 3.56. The molecule has 1 unspecified atom stereocenters. The Bertz CT molecular complexity index is 488. The van der Waals surface area contributed by atoms with Gasteiger partial charge in [-0.1, -0.05) is 31.0 Å². The summed E-state index contributed by atoms with van der Waals surface area (Å²) >= 11 is 0. The number of nitrogens with two attached hydrogens (primary N) is 1. The van der Waals surface area contributed by atoms with Crippen molar-refractivity contribution in [3.8, 4) is 5.75 Å². The van der Waals surface area contributed by atoms with Crippen LogP contribution in [0.5, 0.6) is 5.75 Å². The SMILES string of the molecule is CCCC(C)(N)C(=O)N1CCC(Oc2ccc(C)cc2)CC1. The van der Waals surface area contributed by atoms with Crippen molar-refractivity contribution in [1.29, 1.82) is 0 Å². The molecule has 2 N–H and O–H groups in total. The van der Waals surface area contributed by atoms with Crippen molar-refractivity contribution >= 4 is 5.91 Å². The standard InChI is InChI=1S/C18H28N2O2/c1-4-11-18(3,19)17(21)20-12-9-16(10-13-20)22-15-7-5-14(2)6-8-15/h5-8,16H,4,9-13,19H2,1-3H3. The van der Waals surface area contributed by atoms with Gasteiger partial charge in [0.25, 0.3) is 0 Å². The molecule has 0 saturated carbocycles. The summed E-state index contributed by atoms with van der Waals surface area (Å²) in [5.41, 5.74) is 6.64. The minimum Gasteiger partial charge on any atom is -0.490 e. The van der Waals surface area contributed by atoms with E-state index < -0.39 is 5.54 Å². The van der Waals surface area contributed by atoms with Gasteiger partial charge in [-0.2, -0.15) is 0 Å². The third-order valence-electron chi connectivity index (χ3n) is 4.31. The van der Waals surface area contributed by atoms with E-state index in [0.717, 1.165) is 44.5 Å². The number of aryl methyl sites for hydroxylation is 1. The molecule has 0 radical (unpaired) electrons. The van der Waals surface area contributed by atoms with Gasteiger partial charge in [-0.25, -0.2) is 0 Å². The van der Waals surface area contributed by atoms with E-state index >= 15 is 0 Å². The summed E-state index contributed by atoms with van der Waals surface area (Å²) in [4.78, 5) is 14.4. The number of piperidine rings is 1. The van der Waals surface area contributed by atoms with Crippen molar-refractivity contribution in [2.75, 3.05) is 13.1 Å². The first-order valence-corrected chi connectivity index (χ1v) is 8.24. The number of ether oxygens (including phenoxy) is 1. The Kier molecular flexibility index (Phi) is 5.46. The maximum Gasteiger partial charge on any atom is 0.242 e. The van der Waals surface area contributed by atoms with Crippen LogP contribution in [0.3, 0.4) is 0 Å². The summed E-state index contributed by atoms with van der Waals surface area (Å²) in [7, 11) is 0. The molecule has 1 saturated heterocycles. The second-order valence-corrected chi connectivity index (χ2v) is 6.59. The highest BCUT2D eigenvalue weighted by molar-refractivity contribution is 5.85. The molecule has 1 amide bonds. The van der Waals surface area contributed by atoms with Gasteiger partial charge in [0, 0.05) is 25.9 Å². The first kappa shape index (κ1) is 16.8. The summed E-state index contributed by atoms with van der Waals surface area (Å²) in [5.74, 6) is 0.980. The Labute approximate surface area is 133 Å². The molecule has 2 rings (SSSR count). The molecule has 1 fully saturated rings. The zero-order chi connectivity index (χ0) is 16.2. The van der Waals surface area contributed by atoms with Crippen LogP contribution in [0.1, 0.15) is 45.1 Å². The number of benzene rings is 1. The van der Waals surface area contributed by atoms with Crippen LogP contribution in [-0.4, -0.2) is 35.5 Å². The molecule has 0 bridgehead atoms. The number of carbonyl (C=O) groups is 1. The third kappa shape index (κ3) is 4.23. The third-order valence-corrected chi connectivity index (χ3v) is 4.31. The lowest BCUT2D eigenvalue weighted by Crippen LogP contribution is -2.55. The van der Waals surface area contributed by atoms with Gasteiger partial charge in [0.05, 0.1) is 5.54 Å². The topological polar surface area (TPSA) is 55.6 Å². The van der Waals surface area contributed by atoms with Gasteiger partial charge in [0.15, 0.2) is 0 Å². The molecular formula is C18H28N2O2. The number of rotatable bonds is 5. The molecular weight excluding hydrogens is 276 g/mol. The summed E-state index contributed by atoms with van der Waals surface area (Å²) in [5, 5.41) is 0. The summed E-state index contributed by atoms with van der Waals surface area (Å²) in [6, 6.07) is 8.12. The molecule has 1 aromatic rings. The summed E-state index contributed by atoms with van der Waals surface area (Å²) in [6.45, 7) is 7.42. The van der Waals surface area contributed by atoms with Crippen LogP contribution < -0.4 is 10.5 Å². The fourth-order valence-electron chi connectivity index (χ4n) is 2.97. The molecule has 1 heterocycles. The average molecular weight is 304 g/mol.